The van der Waals surface area contributed by atoms with Gasteiger partial charge in [-0.25, -0.2) is 0 Å². The average Bonchev–Trinajstić information content (AvgIpc) is 2.22. The number of quaternary nitrogens is 1. The molecule has 2 nitrogen and oxygen atoms in total. The van der Waals surface area contributed by atoms with E-state index in [2.05, 4.69) is 20.2 Å². The fourth-order valence-corrected chi connectivity index (χ4v) is 2.15. The Morgan fingerprint density at radius 2 is 2.00 bits per heavy atom. The van der Waals surface area contributed by atoms with E-state index in [1.807, 2.05) is 18.2 Å². The van der Waals surface area contributed by atoms with E-state index < -0.39 is 0 Å². The van der Waals surface area contributed by atoms with Crippen molar-refractivity contribution in [3.63, 3.8) is 0 Å². The van der Waals surface area contributed by atoms with Gasteiger partial charge in [-0.05, 0) is 0 Å². The molecular weight excluding hydrogens is 184 g/mol. The summed E-state index contributed by atoms with van der Waals surface area (Å²) in [6.07, 6.45) is 8.08. The van der Waals surface area contributed by atoms with E-state index in [1.165, 1.54) is 18.7 Å². The van der Waals surface area contributed by atoms with Crippen molar-refractivity contribution in [2.75, 3.05) is 26.7 Å². The summed E-state index contributed by atoms with van der Waals surface area (Å²) in [5, 5.41) is 0. The molecule has 0 unspecified atom stereocenters. The van der Waals surface area contributed by atoms with E-state index in [0.717, 1.165) is 23.9 Å². The van der Waals surface area contributed by atoms with Crippen LogP contribution in [0.5, 0.6) is 0 Å². The molecule has 0 radical (unpaired) electrons. The van der Waals surface area contributed by atoms with Gasteiger partial charge in [0.05, 0.1) is 20.1 Å². The fraction of sp³-hybridized carbons (Fsp3) is 0.538. The number of likely N-dealkylation sites (tertiary alicyclic amines) is 1. The van der Waals surface area contributed by atoms with E-state index in [0.29, 0.717) is 6.04 Å². The topological polar surface area (TPSA) is 26.0 Å². The Hall–Kier alpha value is -0.860. The van der Waals surface area contributed by atoms with Crippen LogP contribution in [0.4, 0.5) is 0 Å². The molecule has 1 fully saturated rings. The van der Waals surface area contributed by atoms with Crippen LogP contribution in [-0.4, -0.2) is 37.2 Å². The Bertz CT molecular complexity index is 258. The van der Waals surface area contributed by atoms with Crippen molar-refractivity contribution in [1.29, 1.82) is 0 Å². The summed E-state index contributed by atoms with van der Waals surface area (Å²) in [6, 6.07) is 0.409. The summed E-state index contributed by atoms with van der Waals surface area (Å²) in [6.45, 7) is 10.9. The minimum Gasteiger partial charge on any atom is -0.327 e. The zero-order valence-electron chi connectivity index (χ0n) is 9.78. The zero-order valence-corrected chi connectivity index (χ0v) is 9.78. The molecular formula is C13H23N2+. The summed E-state index contributed by atoms with van der Waals surface area (Å²) >= 11 is 0. The molecule has 0 saturated carbocycles. The molecule has 2 heteroatoms. The predicted octanol–water partition coefficient (Wildman–Crippen LogP) is 1.85. The standard InChI is InChI=1S/C13H23N2/c1-4-6-12(5-2)11-15(3)9-7-13(14)8-10-15/h4-6,13H,1-2,7-11,14H2,3H3/q+1/b12-6+. The highest BCUT2D eigenvalue weighted by Crippen LogP contribution is 2.18. The first-order chi connectivity index (χ1) is 7.09. The molecule has 0 amide bonds. The summed E-state index contributed by atoms with van der Waals surface area (Å²) in [5.41, 5.74) is 7.18. The van der Waals surface area contributed by atoms with Gasteiger partial charge in [0.1, 0.15) is 6.54 Å². The minimum absolute atomic E-state index is 0.409. The number of nitrogens with two attached hydrogens (primary N) is 1. The van der Waals surface area contributed by atoms with Crippen LogP contribution in [0.3, 0.4) is 0 Å². The first-order valence-electron chi connectivity index (χ1n) is 5.63. The van der Waals surface area contributed by atoms with Crippen LogP contribution in [0.25, 0.3) is 0 Å². The molecule has 0 spiro atoms. The number of piperidine rings is 1. The van der Waals surface area contributed by atoms with Gasteiger partial charge in [-0.2, -0.15) is 0 Å². The van der Waals surface area contributed by atoms with E-state index in [1.54, 1.807) is 0 Å². The molecule has 1 rings (SSSR count). The van der Waals surface area contributed by atoms with Gasteiger partial charge in [-0.3, -0.25) is 0 Å². The Kier molecular flexibility index (Phi) is 4.30. The second-order valence-electron chi connectivity index (χ2n) is 4.74. The van der Waals surface area contributed by atoms with Crippen LogP contribution in [0.1, 0.15) is 12.8 Å². The summed E-state index contributed by atoms with van der Waals surface area (Å²) in [5.74, 6) is 0. The highest BCUT2D eigenvalue weighted by molar-refractivity contribution is 5.21. The van der Waals surface area contributed by atoms with Crippen molar-refractivity contribution in [3.05, 3.63) is 37.0 Å². The molecule has 0 aromatic heterocycles. The highest BCUT2D eigenvalue weighted by atomic mass is 15.3. The Labute approximate surface area is 93.4 Å². The Balaban J connectivity index is 2.59. The van der Waals surface area contributed by atoms with Gasteiger partial charge in [0.15, 0.2) is 0 Å². The molecule has 1 aliphatic rings. The van der Waals surface area contributed by atoms with E-state index in [9.17, 15) is 0 Å². The number of hydrogen-bond donors (Lipinski definition) is 1. The first kappa shape index (κ1) is 12.2. The number of likely N-dealkylation sites (N-methyl/N-ethyl adjacent to an activating group) is 1. The van der Waals surface area contributed by atoms with Crippen molar-refractivity contribution in [3.8, 4) is 0 Å². The summed E-state index contributed by atoms with van der Waals surface area (Å²) in [4.78, 5) is 0. The third-order valence-corrected chi connectivity index (χ3v) is 3.24. The van der Waals surface area contributed by atoms with E-state index in [4.69, 9.17) is 5.73 Å². The lowest BCUT2D eigenvalue weighted by Gasteiger charge is -2.40. The molecule has 0 aromatic carbocycles. The molecule has 2 N–H and O–H groups in total. The molecule has 0 bridgehead atoms. The van der Waals surface area contributed by atoms with Crippen molar-refractivity contribution < 1.29 is 4.48 Å². The van der Waals surface area contributed by atoms with Crippen LogP contribution < -0.4 is 5.73 Å². The van der Waals surface area contributed by atoms with Gasteiger partial charge in [-0.1, -0.05) is 31.4 Å². The maximum absolute atomic E-state index is 5.92. The Morgan fingerprint density at radius 1 is 1.40 bits per heavy atom. The van der Waals surface area contributed by atoms with Gasteiger partial charge < -0.3 is 10.2 Å². The molecule has 15 heavy (non-hydrogen) atoms. The summed E-state index contributed by atoms with van der Waals surface area (Å²) in [7, 11) is 2.30. The number of rotatable bonds is 4. The fourth-order valence-electron chi connectivity index (χ4n) is 2.15. The summed E-state index contributed by atoms with van der Waals surface area (Å²) < 4.78 is 1.08. The third-order valence-electron chi connectivity index (χ3n) is 3.24. The zero-order chi connectivity index (χ0) is 11.3. The van der Waals surface area contributed by atoms with Crippen LogP contribution in [-0.2, 0) is 0 Å². The molecule has 84 valence electrons. The normalized spacial score (nSPS) is 32.4. The van der Waals surface area contributed by atoms with Gasteiger partial charge in [-0.15, -0.1) is 0 Å². The maximum atomic E-state index is 5.92. The minimum atomic E-state index is 0.409. The van der Waals surface area contributed by atoms with Crippen LogP contribution in [0.15, 0.2) is 37.0 Å². The molecule has 0 aliphatic carbocycles. The van der Waals surface area contributed by atoms with Crippen molar-refractivity contribution in [2.24, 2.45) is 5.73 Å². The van der Waals surface area contributed by atoms with Gasteiger partial charge in [0.25, 0.3) is 0 Å². The third kappa shape index (κ3) is 3.65. The van der Waals surface area contributed by atoms with Crippen molar-refractivity contribution in [1.82, 2.24) is 0 Å². The number of hydrogen-bond acceptors (Lipinski definition) is 1. The lowest BCUT2D eigenvalue weighted by molar-refractivity contribution is -0.909. The van der Waals surface area contributed by atoms with Crippen molar-refractivity contribution >= 4 is 0 Å². The molecule has 0 atom stereocenters. The molecule has 1 saturated heterocycles. The smallest absolute Gasteiger partial charge is 0.104 e. The maximum Gasteiger partial charge on any atom is 0.104 e. The second-order valence-corrected chi connectivity index (χ2v) is 4.74. The lowest BCUT2D eigenvalue weighted by atomic mass is 10.0. The monoisotopic (exact) mass is 207 g/mol. The van der Waals surface area contributed by atoms with Gasteiger partial charge in [0, 0.05) is 24.5 Å². The highest BCUT2D eigenvalue weighted by Gasteiger charge is 2.28. The van der Waals surface area contributed by atoms with Crippen LogP contribution in [0, 0.1) is 0 Å². The molecule has 1 aliphatic heterocycles. The number of allylic oxidation sites excluding steroid dienone is 2. The predicted molar refractivity (Wildman–Crippen MR) is 66.5 cm³/mol. The first-order valence-corrected chi connectivity index (χ1v) is 5.63. The van der Waals surface area contributed by atoms with Gasteiger partial charge in [0.2, 0.25) is 0 Å². The second kappa shape index (κ2) is 5.29. The average molecular weight is 207 g/mol. The van der Waals surface area contributed by atoms with Crippen LogP contribution >= 0.6 is 0 Å². The largest absolute Gasteiger partial charge is 0.327 e. The molecule has 0 aromatic rings. The quantitative estimate of drug-likeness (QED) is 0.552. The van der Waals surface area contributed by atoms with Gasteiger partial charge >= 0.3 is 0 Å². The number of nitrogens with zero attached hydrogens (tertiary/aromatic N) is 1. The SMILES string of the molecule is C=C/C=C(\C=C)C[N+]1(C)CCC(N)CC1. The Morgan fingerprint density at radius 3 is 2.47 bits per heavy atom. The molecule has 1 heterocycles. The lowest BCUT2D eigenvalue weighted by Crippen LogP contribution is -2.53. The van der Waals surface area contributed by atoms with E-state index >= 15 is 0 Å². The van der Waals surface area contributed by atoms with Crippen molar-refractivity contribution in [2.45, 2.75) is 18.9 Å². The van der Waals surface area contributed by atoms with Crippen LogP contribution in [0.2, 0.25) is 0 Å². The van der Waals surface area contributed by atoms with E-state index in [-0.39, 0.29) is 0 Å².